The number of rotatable bonds is 1. The zero-order valence-electron chi connectivity index (χ0n) is 7.04. The van der Waals surface area contributed by atoms with Crippen molar-refractivity contribution in [3.05, 3.63) is 10.7 Å². The Balaban J connectivity index is 2.24. The van der Waals surface area contributed by atoms with Gasteiger partial charge in [-0.25, -0.2) is 5.10 Å². The maximum absolute atomic E-state index is 5.29. The summed E-state index contributed by atoms with van der Waals surface area (Å²) in [5.74, 6) is 1.97. The quantitative estimate of drug-likeness (QED) is 0.682. The summed E-state index contributed by atoms with van der Waals surface area (Å²) in [5, 5.41) is 6.72. The molecule has 1 aromatic heterocycles. The summed E-state index contributed by atoms with van der Waals surface area (Å²) in [6, 6.07) is 0. The highest BCUT2D eigenvalue weighted by Crippen LogP contribution is 2.38. The summed E-state index contributed by atoms with van der Waals surface area (Å²) in [4.78, 5) is 0.393. The maximum atomic E-state index is 5.29. The highest BCUT2D eigenvalue weighted by Gasteiger charge is 2.28. The summed E-state index contributed by atoms with van der Waals surface area (Å²) >= 11 is 4.82. The Labute approximate surface area is 76.2 Å². The molecule has 3 nitrogen and oxygen atoms in total. The minimum Gasteiger partial charge on any atom is -0.414 e. The van der Waals surface area contributed by atoms with Gasteiger partial charge in [-0.3, -0.25) is 0 Å². The second-order valence-corrected chi connectivity index (χ2v) is 3.84. The summed E-state index contributed by atoms with van der Waals surface area (Å²) in [6.45, 7) is 2.24. The Morgan fingerprint density at radius 3 is 2.92 bits per heavy atom. The van der Waals surface area contributed by atoms with E-state index < -0.39 is 0 Å². The molecule has 0 bridgehead atoms. The van der Waals surface area contributed by atoms with Gasteiger partial charge in [0.1, 0.15) is 0 Å². The largest absolute Gasteiger partial charge is 0.414 e. The van der Waals surface area contributed by atoms with E-state index in [9.17, 15) is 0 Å². The molecule has 1 N–H and O–H groups in total. The van der Waals surface area contributed by atoms with E-state index in [2.05, 4.69) is 17.1 Å². The minimum atomic E-state index is 0.393. The Kier molecular flexibility index (Phi) is 2.00. The van der Waals surface area contributed by atoms with Gasteiger partial charge < -0.3 is 4.42 Å². The summed E-state index contributed by atoms with van der Waals surface area (Å²) in [7, 11) is 0. The summed E-state index contributed by atoms with van der Waals surface area (Å²) in [6.07, 6.45) is 3.74. The Morgan fingerprint density at radius 2 is 2.42 bits per heavy atom. The molecule has 2 rings (SSSR count). The van der Waals surface area contributed by atoms with Crippen LogP contribution in [0.1, 0.15) is 38.0 Å². The molecule has 1 saturated carbocycles. The van der Waals surface area contributed by atoms with E-state index in [-0.39, 0.29) is 0 Å². The molecule has 0 radical (unpaired) electrons. The van der Waals surface area contributed by atoms with Crippen molar-refractivity contribution in [2.75, 3.05) is 0 Å². The van der Waals surface area contributed by atoms with Gasteiger partial charge in [-0.15, -0.1) is 5.10 Å². The lowest BCUT2D eigenvalue weighted by Gasteiger charge is -2.08. The van der Waals surface area contributed by atoms with Crippen LogP contribution in [0.4, 0.5) is 0 Å². The van der Waals surface area contributed by atoms with Crippen LogP contribution in [0.3, 0.4) is 0 Å². The Bertz CT molecular complexity index is 317. The van der Waals surface area contributed by atoms with Crippen LogP contribution in [0.5, 0.6) is 0 Å². The first-order valence-corrected chi connectivity index (χ1v) is 4.73. The van der Waals surface area contributed by atoms with E-state index in [1.54, 1.807) is 0 Å². The first-order chi connectivity index (χ1) is 5.77. The van der Waals surface area contributed by atoms with E-state index in [4.69, 9.17) is 16.6 Å². The topological polar surface area (TPSA) is 41.8 Å². The third kappa shape index (κ3) is 1.31. The van der Waals surface area contributed by atoms with Crippen LogP contribution >= 0.6 is 12.2 Å². The number of H-pyrrole nitrogens is 1. The van der Waals surface area contributed by atoms with Crippen LogP contribution in [0, 0.1) is 10.8 Å². The van der Waals surface area contributed by atoms with Crippen LogP contribution in [-0.2, 0) is 0 Å². The summed E-state index contributed by atoms with van der Waals surface area (Å²) < 4.78 is 5.29. The highest BCUT2D eigenvalue weighted by molar-refractivity contribution is 7.71. The fourth-order valence-electron chi connectivity index (χ4n) is 1.91. The molecule has 1 aliphatic carbocycles. The molecular formula is C8H12N2OS. The predicted molar refractivity (Wildman–Crippen MR) is 47.4 cm³/mol. The molecule has 0 aromatic carbocycles. The van der Waals surface area contributed by atoms with Crippen molar-refractivity contribution < 1.29 is 4.42 Å². The molecule has 1 fully saturated rings. The third-order valence-corrected chi connectivity index (χ3v) is 2.81. The molecule has 1 aliphatic rings. The molecule has 1 heterocycles. The Morgan fingerprint density at radius 1 is 1.58 bits per heavy atom. The van der Waals surface area contributed by atoms with Gasteiger partial charge in [0.15, 0.2) is 0 Å². The number of hydrogen-bond donors (Lipinski definition) is 1. The van der Waals surface area contributed by atoms with E-state index in [1.165, 1.54) is 19.3 Å². The van der Waals surface area contributed by atoms with Crippen LogP contribution < -0.4 is 0 Å². The molecule has 0 amide bonds. The lowest BCUT2D eigenvalue weighted by molar-refractivity contribution is 0.394. The molecule has 12 heavy (non-hydrogen) atoms. The molecule has 0 saturated heterocycles. The van der Waals surface area contributed by atoms with E-state index >= 15 is 0 Å². The van der Waals surface area contributed by atoms with Crippen LogP contribution in [0.2, 0.25) is 0 Å². The van der Waals surface area contributed by atoms with Gasteiger partial charge in [-0.2, -0.15) is 0 Å². The molecular weight excluding hydrogens is 172 g/mol. The molecule has 4 heteroatoms. The highest BCUT2D eigenvalue weighted by atomic mass is 32.1. The van der Waals surface area contributed by atoms with Gasteiger partial charge in [0.05, 0.1) is 0 Å². The van der Waals surface area contributed by atoms with Crippen molar-refractivity contribution in [1.29, 1.82) is 0 Å². The van der Waals surface area contributed by atoms with Gasteiger partial charge in [0, 0.05) is 5.92 Å². The SMILES string of the molecule is C[C@H]1CCC[C@H]1c1n[nH]c(=S)o1. The second kappa shape index (κ2) is 3.01. The fraction of sp³-hybridized carbons (Fsp3) is 0.750. The van der Waals surface area contributed by atoms with Crippen molar-refractivity contribution in [2.24, 2.45) is 5.92 Å². The number of aromatic amines is 1. The molecule has 0 unspecified atom stereocenters. The van der Waals surface area contributed by atoms with Gasteiger partial charge in [-0.1, -0.05) is 13.3 Å². The first kappa shape index (κ1) is 7.98. The zero-order chi connectivity index (χ0) is 8.55. The van der Waals surface area contributed by atoms with Crippen molar-refractivity contribution in [3.63, 3.8) is 0 Å². The van der Waals surface area contributed by atoms with Crippen LogP contribution in [0.25, 0.3) is 0 Å². The van der Waals surface area contributed by atoms with Gasteiger partial charge in [0.2, 0.25) is 5.89 Å². The molecule has 66 valence electrons. The standard InChI is InChI=1S/C8H12N2OS/c1-5-3-2-4-6(5)7-9-10-8(12)11-7/h5-6H,2-4H2,1H3,(H,10,12)/t5-,6+/m0/s1. The number of aromatic nitrogens is 2. The number of nitrogens with one attached hydrogen (secondary N) is 1. The lowest BCUT2D eigenvalue weighted by Crippen LogP contribution is -2.01. The molecule has 1 aromatic rings. The number of hydrogen-bond acceptors (Lipinski definition) is 3. The van der Waals surface area contributed by atoms with Crippen molar-refractivity contribution >= 4 is 12.2 Å². The number of nitrogens with zero attached hydrogens (tertiary/aromatic N) is 1. The molecule has 2 atom stereocenters. The summed E-state index contributed by atoms with van der Waals surface area (Å²) in [5.41, 5.74) is 0. The lowest BCUT2D eigenvalue weighted by atomic mass is 9.98. The monoisotopic (exact) mass is 184 g/mol. The Hall–Kier alpha value is -0.640. The molecule has 0 aliphatic heterocycles. The van der Waals surface area contributed by atoms with Gasteiger partial charge in [0.25, 0.3) is 4.84 Å². The van der Waals surface area contributed by atoms with Crippen LogP contribution in [-0.4, -0.2) is 10.2 Å². The predicted octanol–water partition coefficient (Wildman–Crippen LogP) is 2.64. The molecule has 0 spiro atoms. The normalized spacial score (nSPS) is 29.4. The van der Waals surface area contributed by atoms with Crippen LogP contribution in [0.15, 0.2) is 4.42 Å². The van der Waals surface area contributed by atoms with E-state index in [0.717, 1.165) is 5.89 Å². The fourth-order valence-corrected chi connectivity index (χ4v) is 2.04. The minimum absolute atomic E-state index is 0.393. The van der Waals surface area contributed by atoms with Crippen molar-refractivity contribution in [2.45, 2.75) is 32.1 Å². The third-order valence-electron chi connectivity index (χ3n) is 2.63. The average Bonchev–Trinajstić information content (AvgIpc) is 2.58. The van der Waals surface area contributed by atoms with Gasteiger partial charge >= 0.3 is 0 Å². The van der Waals surface area contributed by atoms with E-state index in [0.29, 0.717) is 16.7 Å². The van der Waals surface area contributed by atoms with E-state index in [1.807, 2.05) is 0 Å². The smallest absolute Gasteiger partial charge is 0.284 e. The maximum Gasteiger partial charge on any atom is 0.284 e. The van der Waals surface area contributed by atoms with Crippen molar-refractivity contribution in [3.8, 4) is 0 Å². The second-order valence-electron chi connectivity index (χ2n) is 3.47. The van der Waals surface area contributed by atoms with Crippen molar-refractivity contribution in [1.82, 2.24) is 10.2 Å². The van der Waals surface area contributed by atoms with Gasteiger partial charge in [-0.05, 0) is 31.0 Å². The average molecular weight is 184 g/mol. The zero-order valence-corrected chi connectivity index (χ0v) is 7.86. The first-order valence-electron chi connectivity index (χ1n) is 4.33.